The first-order chi connectivity index (χ1) is 11.1. The zero-order valence-corrected chi connectivity index (χ0v) is 14.4. The molecule has 0 aliphatic rings. The number of para-hydroxylation sites is 1. The van der Waals surface area contributed by atoms with E-state index in [9.17, 15) is 9.59 Å². The molecule has 2 aromatic carbocycles. The third kappa shape index (κ3) is 4.10. The number of anilines is 1. The summed E-state index contributed by atoms with van der Waals surface area (Å²) in [4.78, 5) is 24.7. The molecular formula is C17H16BrNO4. The molecule has 23 heavy (non-hydrogen) atoms. The van der Waals surface area contributed by atoms with Crippen LogP contribution in [0.2, 0.25) is 0 Å². The summed E-state index contributed by atoms with van der Waals surface area (Å²) < 4.78 is 11.3. The molecule has 0 N–H and O–H groups in total. The summed E-state index contributed by atoms with van der Waals surface area (Å²) in [6, 6.07) is 12.4. The molecule has 6 heteroatoms. The van der Waals surface area contributed by atoms with E-state index in [-0.39, 0.29) is 12.5 Å². The van der Waals surface area contributed by atoms with Crippen LogP contribution in [-0.4, -0.2) is 33.0 Å². The fraction of sp³-hybridized carbons (Fsp3) is 0.176. The van der Waals surface area contributed by atoms with Gasteiger partial charge in [-0.2, -0.15) is 0 Å². The van der Waals surface area contributed by atoms with Crippen molar-refractivity contribution in [1.82, 2.24) is 0 Å². The average molecular weight is 378 g/mol. The Balaban J connectivity index is 2.11. The van der Waals surface area contributed by atoms with E-state index in [0.717, 1.165) is 5.69 Å². The molecule has 0 heterocycles. The van der Waals surface area contributed by atoms with E-state index in [0.29, 0.717) is 27.8 Å². The minimum absolute atomic E-state index is 0.165. The molecule has 0 saturated carbocycles. The van der Waals surface area contributed by atoms with Gasteiger partial charge in [-0.05, 0) is 40.2 Å². The Bertz CT molecular complexity index is 703. The summed E-state index contributed by atoms with van der Waals surface area (Å²) in [6.45, 7) is -0.165. The average Bonchev–Trinajstić information content (AvgIpc) is 2.60. The van der Waals surface area contributed by atoms with Crippen LogP contribution in [0.4, 0.5) is 5.69 Å². The number of hydrogen-bond acceptors (Lipinski definition) is 4. The first-order valence-electron chi connectivity index (χ1n) is 6.84. The predicted molar refractivity (Wildman–Crippen MR) is 91.4 cm³/mol. The van der Waals surface area contributed by atoms with Gasteiger partial charge in [0.25, 0.3) is 5.91 Å². The Hall–Kier alpha value is -2.34. The summed E-state index contributed by atoms with van der Waals surface area (Å²) in [5, 5.41) is 0. The maximum atomic E-state index is 12.2. The number of halogens is 1. The van der Waals surface area contributed by atoms with Crippen molar-refractivity contribution in [3.8, 4) is 11.5 Å². The summed E-state index contributed by atoms with van der Waals surface area (Å²) in [7, 11) is 3.17. The maximum absolute atomic E-state index is 12.2. The predicted octanol–water partition coefficient (Wildman–Crippen LogP) is 3.31. The van der Waals surface area contributed by atoms with Crippen molar-refractivity contribution in [2.75, 3.05) is 25.7 Å². The lowest BCUT2D eigenvalue weighted by molar-refractivity contribution is -0.120. The molecule has 5 nitrogen and oxygen atoms in total. The molecule has 1 amide bonds. The number of ether oxygens (including phenoxy) is 2. The van der Waals surface area contributed by atoms with Crippen molar-refractivity contribution < 1.29 is 19.1 Å². The zero-order valence-electron chi connectivity index (χ0n) is 12.8. The van der Waals surface area contributed by atoms with Gasteiger partial charge >= 0.3 is 0 Å². The maximum Gasteiger partial charge on any atom is 0.264 e. The van der Waals surface area contributed by atoms with Crippen LogP contribution >= 0.6 is 15.9 Å². The molecule has 0 bridgehead atoms. The van der Waals surface area contributed by atoms with E-state index in [1.165, 1.54) is 18.1 Å². The standard InChI is InChI=1S/C17H16BrNO4/c1-19(13-6-4-3-5-7-13)17(21)11-23-16-8-12(10-20)14(18)9-15(16)22-2/h3-10H,11H2,1-2H3. The minimum Gasteiger partial charge on any atom is -0.493 e. The zero-order chi connectivity index (χ0) is 16.8. The summed E-state index contributed by atoms with van der Waals surface area (Å²) >= 11 is 3.27. The molecule has 120 valence electrons. The number of benzene rings is 2. The van der Waals surface area contributed by atoms with Crippen LogP contribution in [0, 0.1) is 0 Å². The summed E-state index contributed by atoms with van der Waals surface area (Å²) in [6.07, 6.45) is 0.703. The second-order valence-electron chi connectivity index (χ2n) is 4.72. The fourth-order valence-electron chi connectivity index (χ4n) is 1.95. The van der Waals surface area contributed by atoms with E-state index in [4.69, 9.17) is 9.47 Å². The Morgan fingerprint density at radius 1 is 1.22 bits per heavy atom. The highest BCUT2D eigenvalue weighted by Crippen LogP contribution is 2.32. The number of aldehydes is 1. The molecule has 0 aliphatic heterocycles. The number of likely N-dealkylation sites (N-methyl/N-ethyl adjacent to an activating group) is 1. The lowest BCUT2D eigenvalue weighted by Crippen LogP contribution is -2.31. The minimum atomic E-state index is -0.214. The number of nitrogens with zero attached hydrogens (tertiary/aromatic N) is 1. The van der Waals surface area contributed by atoms with Crippen molar-refractivity contribution in [3.63, 3.8) is 0 Å². The highest BCUT2D eigenvalue weighted by atomic mass is 79.9. The van der Waals surface area contributed by atoms with E-state index < -0.39 is 0 Å². The van der Waals surface area contributed by atoms with Gasteiger partial charge in [0.15, 0.2) is 24.4 Å². The second kappa shape index (κ2) is 7.78. The monoisotopic (exact) mass is 377 g/mol. The van der Waals surface area contributed by atoms with Crippen LogP contribution in [0.3, 0.4) is 0 Å². The van der Waals surface area contributed by atoms with Gasteiger partial charge < -0.3 is 14.4 Å². The Morgan fingerprint density at radius 3 is 2.52 bits per heavy atom. The van der Waals surface area contributed by atoms with Gasteiger partial charge in [0, 0.05) is 22.8 Å². The van der Waals surface area contributed by atoms with Crippen LogP contribution in [0.1, 0.15) is 10.4 Å². The van der Waals surface area contributed by atoms with Gasteiger partial charge in [-0.25, -0.2) is 0 Å². The van der Waals surface area contributed by atoms with Crippen LogP contribution in [0.25, 0.3) is 0 Å². The van der Waals surface area contributed by atoms with Crippen molar-refractivity contribution in [3.05, 3.63) is 52.5 Å². The van der Waals surface area contributed by atoms with E-state index in [1.54, 1.807) is 13.1 Å². The second-order valence-corrected chi connectivity index (χ2v) is 5.57. The highest BCUT2D eigenvalue weighted by molar-refractivity contribution is 9.10. The van der Waals surface area contributed by atoms with Crippen molar-refractivity contribution in [1.29, 1.82) is 0 Å². The van der Waals surface area contributed by atoms with E-state index in [2.05, 4.69) is 15.9 Å². The first kappa shape index (κ1) is 17.0. The molecule has 2 aromatic rings. The molecule has 0 spiro atoms. The summed E-state index contributed by atoms with van der Waals surface area (Å²) in [5.74, 6) is 0.569. The first-order valence-corrected chi connectivity index (χ1v) is 7.63. The molecular weight excluding hydrogens is 362 g/mol. The Kier molecular flexibility index (Phi) is 5.76. The molecule has 0 unspecified atom stereocenters. The smallest absolute Gasteiger partial charge is 0.264 e. The molecule has 0 fully saturated rings. The van der Waals surface area contributed by atoms with Crippen molar-refractivity contribution in [2.24, 2.45) is 0 Å². The number of carbonyl (C=O) groups is 2. The van der Waals surface area contributed by atoms with Crippen molar-refractivity contribution in [2.45, 2.75) is 0 Å². The number of rotatable bonds is 6. The lowest BCUT2D eigenvalue weighted by Gasteiger charge is -2.18. The molecule has 0 radical (unpaired) electrons. The number of carbonyl (C=O) groups excluding carboxylic acids is 2. The van der Waals surface area contributed by atoms with Crippen molar-refractivity contribution >= 4 is 33.8 Å². The molecule has 0 aromatic heterocycles. The van der Waals surface area contributed by atoms with Gasteiger partial charge in [0.05, 0.1) is 7.11 Å². The van der Waals surface area contributed by atoms with Gasteiger partial charge in [-0.15, -0.1) is 0 Å². The quantitative estimate of drug-likeness (QED) is 0.724. The van der Waals surface area contributed by atoms with Gasteiger partial charge in [0.2, 0.25) is 0 Å². The van der Waals surface area contributed by atoms with E-state index in [1.807, 2.05) is 30.3 Å². The number of amides is 1. The summed E-state index contributed by atoms with van der Waals surface area (Å²) in [5.41, 5.74) is 1.20. The largest absolute Gasteiger partial charge is 0.493 e. The van der Waals surface area contributed by atoms with Gasteiger partial charge in [-0.1, -0.05) is 18.2 Å². The Labute approximate surface area is 142 Å². The lowest BCUT2D eigenvalue weighted by atomic mass is 10.2. The van der Waals surface area contributed by atoms with Crippen LogP contribution in [0.15, 0.2) is 46.9 Å². The number of methoxy groups -OCH3 is 1. The molecule has 2 rings (SSSR count). The normalized spacial score (nSPS) is 10.0. The van der Waals surface area contributed by atoms with Crippen LogP contribution in [-0.2, 0) is 4.79 Å². The van der Waals surface area contributed by atoms with Gasteiger partial charge in [-0.3, -0.25) is 9.59 Å². The molecule has 0 aliphatic carbocycles. The fourth-order valence-corrected chi connectivity index (χ4v) is 2.36. The van der Waals surface area contributed by atoms with Crippen LogP contribution in [0.5, 0.6) is 11.5 Å². The third-order valence-corrected chi connectivity index (χ3v) is 3.97. The SMILES string of the molecule is COc1cc(Br)c(C=O)cc1OCC(=O)N(C)c1ccccc1. The van der Waals surface area contributed by atoms with Crippen LogP contribution < -0.4 is 14.4 Å². The third-order valence-electron chi connectivity index (χ3n) is 3.28. The van der Waals surface area contributed by atoms with Gasteiger partial charge in [0.1, 0.15) is 0 Å². The van der Waals surface area contributed by atoms with E-state index >= 15 is 0 Å². The molecule has 0 saturated heterocycles. The Morgan fingerprint density at radius 2 is 1.91 bits per heavy atom. The number of hydrogen-bond donors (Lipinski definition) is 0. The topological polar surface area (TPSA) is 55.8 Å². The molecule has 0 atom stereocenters. The highest BCUT2D eigenvalue weighted by Gasteiger charge is 2.15.